The van der Waals surface area contributed by atoms with Gasteiger partial charge < -0.3 is 14.7 Å². The van der Waals surface area contributed by atoms with E-state index in [0.717, 1.165) is 38.0 Å². The van der Waals surface area contributed by atoms with Gasteiger partial charge in [0.05, 0.1) is 12.7 Å². The van der Waals surface area contributed by atoms with Crippen LogP contribution in [0.25, 0.3) is 0 Å². The molecule has 140 valence electrons. The van der Waals surface area contributed by atoms with Crippen molar-refractivity contribution in [3.05, 3.63) is 29.8 Å². The Morgan fingerprint density at radius 1 is 1.20 bits per heavy atom. The summed E-state index contributed by atoms with van der Waals surface area (Å²) < 4.78 is 5.37. The molecule has 3 unspecified atom stereocenters. The van der Waals surface area contributed by atoms with Gasteiger partial charge in [-0.3, -0.25) is 0 Å². The fourth-order valence-corrected chi connectivity index (χ4v) is 5.32. The average molecular weight is 346 g/mol. The molecular formula is C22H35NO2. The number of hydrogen-bond donors (Lipinski definition) is 1. The lowest BCUT2D eigenvalue weighted by Gasteiger charge is -2.48. The van der Waals surface area contributed by atoms with Crippen molar-refractivity contribution < 1.29 is 9.84 Å². The minimum absolute atomic E-state index is 0.398. The first-order valence-corrected chi connectivity index (χ1v) is 10.0. The lowest BCUT2D eigenvalue weighted by Crippen LogP contribution is -2.51. The van der Waals surface area contributed by atoms with Gasteiger partial charge in [0.15, 0.2) is 0 Å². The van der Waals surface area contributed by atoms with Crippen LogP contribution in [-0.4, -0.2) is 43.4 Å². The molecule has 3 atom stereocenters. The number of aliphatic hydroxyl groups is 1. The van der Waals surface area contributed by atoms with Crippen molar-refractivity contribution in [1.82, 2.24) is 4.90 Å². The second-order valence-electron chi connectivity index (χ2n) is 8.63. The molecule has 2 aliphatic carbocycles. The number of nitrogens with zero attached hydrogens (tertiary/aromatic N) is 1. The van der Waals surface area contributed by atoms with E-state index in [1.165, 1.54) is 31.2 Å². The summed E-state index contributed by atoms with van der Waals surface area (Å²) in [5.41, 5.74) is 0.922. The van der Waals surface area contributed by atoms with Gasteiger partial charge in [0.1, 0.15) is 5.75 Å². The molecule has 25 heavy (non-hydrogen) atoms. The number of ether oxygens (including phenoxy) is 1. The summed E-state index contributed by atoms with van der Waals surface area (Å²) in [5, 5.41) is 11.6. The van der Waals surface area contributed by atoms with Crippen LogP contribution in [0.5, 0.6) is 5.75 Å². The fourth-order valence-electron chi connectivity index (χ4n) is 5.32. The van der Waals surface area contributed by atoms with E-state index in [9.17, 15) is 5.11 Å². The van der Waals surface area contributed by atoms with E-state index in [-0.39, 0.29) is 0 Å². The van der Waals surface area contributed by atoms with E-state index in [1.54, 1.807) is 7.11 Å². The van der Waals surface area contributed by atoms with Crippen molar-refractivity contribution >= 4 is 0 Å². The molecule has 0 spiro atoms. The Morgan fingerprint density at radius 2 is 1.96 bits per heavy atom. The van der Waals surface area contributed by atoms with Crippen LogP contribution in [0.15, 0.2) is 24.3 Å². The molecule has 0 heterocycles. The van der Waals surface area contributed by atoms with Gasteiger partial charge in [-0.05, 0) is 82.2 Å². The molecule has 1 N–H and O–H groups in total. The Balaban J connectivity index is 1.70. The summed E-state index contributed by atoms with van der Waals surface area (Å²) in [6.45, 7) is 1.00. The van der Waals surface area contributed by atoms with Crippen molar-refractivity contribution in [2.75, 3.05) is 27.7 Å². The molecule has 1 aromatic carbocycles. The molecule has 1 aromatic rings. The molecule has 2 fully saturated rings. The van der Waals surface area contributed by atoms with Crippen LogP contribution in [0.1, 0.15) is 50.5 Å². The van der Waals surface area contributed by atoms with Crippen LogP contribution in [0.3, 0.4) is 0 Å². The summed E-state index contributed by atoms with van der Waals surface area (Å²) in [4.78, 5) is 2.26. The standard InChI is InChI=1S/C22H35NO2/c1-23(2)16-20-14-18(13-17-7-6-10-21(15-17)25-3)11-12-22(20,24)19-8-4-5-9-19/h6-7,10,15,18-20,24H,4-5,8-9,11-14,16H2,1-3H3. The van der Waals surface area contributed by atoms with Crippen LogP contribution in [0.2, 0.25) is 0 Å². The van der Waals surface area contributed by atoms with E-state index < -0.39 is 5.60 Å². The van der Waals surface area contributed by atoms with Crippen molar-refractivity contribution in [3.8, 4) is 5.75 Å². The highest BCUT2D eigenvalue weighted by Crippen LogP contribution is 2.48. The topological polar surface area (TPSA) is 32.7 Å². The number of hydrogen-bond acceptors (Lipinski definition) is 3. The quantitative estimate of drug-likeness (QED) is 0.841. The fraction of sp³-hybridized carbons (Fsp3) is 0.727. The highest BCUT2D eigenvalue weighted by atomic mass is 16.5. The third-order valence-corrected chi connectivity index (χ3v) is 6.58. The second kappa shape index (κ2) is 8.09. The maximum atomic E-state index is 11.6. The first-order chi connectivity index (χ1) is 12.0. The monoisotopic (exact) mass is 345 g/mol. The van der Waals surface area contributed by atoms with Crippen LogP contribution in [0, 0.1) is 17.8 Å². The SMILES string of the molecule is COc1cccc(CC2CCC(O)(C3CCCC3)C(CN(C)C)C2)c1. The number of methoxy groups -OCH3 is 1. The molecule has 0 radical (unpaired) electrons. The molecular weight excluding hydrogens is 310 g/mol. The predicted octanol–water partition coefficient (Wildman–Crippen LogP) is 4.14. The van der Waals surface area contributed by atoms with Crippen molar-refractivity contribution in [1.29, 1.82) is 0 Å². The summed E-state index contributed by atoms with van der Waals surface area (Å²) in [6, 6.07) is 8.47. The molecule has 2 aliphatic rings. The summed E-state index contributed by atoms with van der Waals surface area (Å²) in [5.74, 6) is 2.53. The van der Waals surface area contributed by atoms with E-state index >= 15 is 0 Å². The summed E-state index contributed by atoms with van der Waals surface area (Å²) in [6.07, 6.45) is 9.41. The smallest absolute Gasteiger partial charge is 0.119 e. The Bertz CT molecular complexity index is 553. The van der Waals surface area contributed by atoms with E-state index in [4.69, 9.17) is 4.74 Å². The van der Waals surface area contributed by atoms with Crippen LogP contribution in [-0.2, 0) is 6.42 Å². The second-order valence-corrected chi connectivity index (χ2v) is 8.63. The predicted molar refractivity (Wildman–Crippen MR) is 103 cm³/mol. The molecule has 0 saturated heterocycles. The van der Waals surface area contributed by atoms with E-state index in [0.29, 0.717) is 17.8 Å². The maximum Gasteiger partial charge on any atom is 0.119 e. The molecule has 0 amide bonds. The lowest BCUT2D eigenvalue weighted by molar-refractivity contribution is -0.109. The number of benzene rings is 1. The van der Waals surface area contributed by atoms with Gasteiger partial charge >= 0.3 is 0 Å². The van der Waals surface area contributed by atoms with E-state index in [1.807, 2.05) is 6.07 Å². The molecule has 0 aromatic heterocycles. The third-order valence-electron chi connectivity index (χ3n) is 6.58. The highest BCUT2D eigenvalue weighted by Gasteiger charge is 2.47. The van der Waals surface area contributed by atoms with Crippen LogP contribution >= 0.6 is 0 Å². The first-order valence-electron chi connectivity index (χ1n) is 10.0. The zero-order valence-electron chi connectivity index (χ0n) is 16.2. The molecule has 0 aliphatic heterocycles. The highest BCUT2D eigenvalue weighted by molar-refractivity contribution is 5.28. The van der Waals surface area contributed by atoms with Crippen LogP contribution < -0.4 is 4.74 Å². The molecule has 3 heteroatoms. The summed E-state index contributed by atoms with van der Waals surface area (Å²) >= 11 is 0. The normalized spacial score (nSPS) is 30.8. The Kier molecular flexibility index (Phi) is 6.06. The minimum atomic E-state index is -0.439. The zero-order chi connectivity index (χ0) is 17.9. The largest absolute Gasteiger partial charge is 0.497 e. The minimum Gasteiger partial charge on any atom is -0.497 e. The zero-order valence-corrected chi connectivity index (χ0v) is 16.2. The number of rotatable bonds is 6. The maximum absolute atomic E-state index is 11.6. The molecule has 3 rings (SSSR count). The van der Waals surface area contributed by atoms with Gasteiger partial charge in [-0.25, -0.2) is 0 Å². The van der Waals surface area contributed by atoms with Crippen molar-refractivity contribution in [2.24, 2.45) is 17.8 Å². The average Bonchev–Trinajstić information content (AvgIpc) is 3.13. The van der Waals surface area contributed by atoms with Gasteiger partial charge in [0, 0.05) is 12.5 Å². The van der Waals surface area contributed by atoms with Gasteiger partial charge in [0.25, 0.3) is 0 Å². The lowest BCUT2D eigenvalue weighted by atomic mass is 9.64. The first kappa shape index (κ1) is 18.7. The van der Waals surface area contributed by atoms with Crippen molar-refractivity contribution in [3.63, 3.8) is 0 Å². The van der Waals surface area contributed by atoms with Crippen LogP contribution in [0.4, 0.5) is 0 Å². The van der Waals surface area contributed by atoms with E-state index in [2.05, 4.69) is 37.2 Å². The Morgan fingerprint density at radius 3 is 2.64 bits per heavy atom. The van der Waals surface area contributed by atoms with Gasteiger partial charge in [-0.2, -0.15) is 0 Å². The van der Waals surface area contributed by atoms with Crippen molar-refractivity contribution in [2.45, 2.75) is 57.0 Å². The Hall–Kier alpha value is -1.06. The van der Waals surface area contributed by atoms with Gasteiger partial charge in [-0.1, -0.05) is 25.0 Å². The van der Waals surface area contributed by atoms with Gasteiger partial charge in [0.2, 0.25) is 0 Å². The Labute approximate surface area is 153 Å². The molecule has 0 bridgehead atoms. The summed E-state index contributed by atoms with van der Waals surface area (Å²) in [7, 11) is 6.01. The molecule has 2 saturated carbocycles. The molecule has 3 nitrogen and oxygen atoms in total. The van der Waals surface area contributed by atoms with Gasteiger partial charge in [-0.15, -0.1) is 0 Å². The third kappa shape index (κ3) is 4.38.